The minimum atomic E-state index is 0.505. The summed E-state index contributed by atoms with van der Waals surface area (Å²) in [6.07, 6.45) is 3.15. The van der Waals surface area contributed by atoms with Gasteiger partial charge >= 0.3 is 0 Å². The highest BCUT2D eigenvalue weighted by Crippen LogP contribution is 2.10. The molecule has 0 atom stereocenters. The minimum Gasteiger partial charge on any atom is -0.244 e. The second-order valence-corrected chi connectivity index (χ2v) is 3.54. The van der Waals surface area contributed by atoms with Crippen LogP contribution in [-0.4, -0.2) is 21.4 Å². The van der Waals surface area contributed by atoms with Crippen molar-refractivity contribution in [2.45, 2.75) is 0 Å². The number of aromatic nitrogens is 3. The van der Waals surface area contributed by atoms with Crippen molar-refractivity contribution in [1.82, 2.24) is 15.2 Å². The van der Waals surface area contributed by atoms with Crippen molar-refractivity contribution in [3.8, 4) is 0 Å². The molecule has 1 aromatic heterocycles. The van der Waals surface area contributed by atoms with E-state index in [0.29, 0.717) is 5.95 Å². The first kappa shape index (κ1) is 9.08. The minimum absolute atomic E-state index is 0.505. The molecule has 1 N–H and O–H groups in total. The van der Waals surface area contributed by atoms with E-state index in [0.717, 1.165) is 10.0 Å². The third kappa shape index (κ3) is 2.26. The van der Waals surface area contributed by atoms with Crippen LogP contribution in [0.1, 0.15) is 5.56 Å². The monoisotopic (exact) mass is 250 g/mol. The molecule has 5 heteroatoms. The predicted octanol–water partition coefficient (Wildman–Crippen LogP) is 2.32. The van der Waals surface area contributed by atoms with Crippen LogP contribution in [0.4, 0.5) is 5.95 Å². The van der Waals surface area contributed by atoms with Crippen molar-refractivity contribution < 1.29 is 0 Å². The highest BCUT2D eigenvalue weighted by atomic mass is 79.9. The largest absolute Gasteiger partial charge is 0.245 e. The standard InChI is InChI=1S/C9H7BrN4/c10-8-3-1-2-7(4-8)5-11-9-12-6-13-14-9/h1-6H,(H,12,13,14)/b11-5+. The van der Waals surface area contributed by atoms with Crippen LogP contribution in [0.5, 0.6) is 0 Å². The molecule has 70 valence electrons. The van der Waals surface area contributed by atoms with Gasteiger partial charge in [-0.1, -0.05) is 28.1 Å². The molecule has 14 heavy (non-hydrogen) atoms. The summed E-state index contributed by atoms with van der Waals surface area (Å²) in [4.78, 5) is 7.98. The molecule has 0 fully saturated rings. The van der Waals surface area contributed by atoms with E-state index in [9.17, 15) is 0 Å². The van der Waals surface area contributed by atoms with E-state index in [1.165, 1.54) is 6.33 Å². The molecule has 0 saturated heterocycles. The SMILES string of the molecule is Brc1cccc(/C=N/c2ncn[nH]2)c1. The first-order valence-corrected chi connectivity index (χ1v) is 4.79. The molecule has 2 aromatic rings. The average molecular weight is 251 g/mol. The van der Waals surface area contributed by atoms with Crippen LogP contribution in [0.3, 0.4) is 0 Å². The fourth-order valence-electron chi connectivity index (χ4n) is 0.984. The number of hydrogen-bond donors (Lipinski definition) is 1. The Morgan fingerprint density at radius 1 is 1.43 bits per heavy atom. The van der Waals surface area contributed by atoms with Gasteiger partial charge in [-0.15, -0.1) is 0 Å². The Bertz CT molecular complexity index is 436. The number of nitrogens with one attached hydrogen (secondary N) is 1. The number of H-pyrrole nitrogens is 1. The maximum absolute atomic E-state index is 4.10. The summed E-state index contributed by atoms with van der Waals surface area (Å²) in [5.41, 5.74) is 1.01. The summed E-state index contributed by atoms with van der Waals surface area (Å²) in [7, 11) is 0. The normalized spacial score (nSPS) is 10.9. The van der Waals surface area contributed by atoms with E-state index < -0.39 is 0 Å². The number of rotatable bonds is 2. The van der Waals surface area contributed by atoms with E-state index in [2.05, 4.69) is 36.1 Å². The second kappa shape index (κ2) is 4.15. The van der Waals surface area contributed by atoms with E-state index in [1.807, 2.05) is 24.3 Å². The zero-order chi connectivity index (χ0) is 9.80. The molecule has 2 rings (SSSR count). The van der Waals surface area contributed by atoms with Gasteiger partial charge in [0.15, 0.2) is 0 Å². The Hall–Kier alpha value is -1.49. The molecule has 0 amide bonds. The van der Waals surface area contributed by atoms with Crippen LogP contribution < -0.4 is 0 Å². The Kier molecular flexibility index (Phi) is 2.69. The van der Waals surface area contributed by atoms with Gasteiger partial charge in [-0.2, -0.15) is 10.1 Å². The highest BCUT2D eigenvalue weighted by molar-refractivity contribution is 9.10. The van der Waals surface area contributed by atoms with Crippen molar-refractivity contribution in [2.75, 3.05) is 0 Å². The van der Waals surface area contributed by atoms with Crippen LogP contribution >= 0.6 is 15.9 Å². The van der Waals surface area contributed by atoms with Crippen molar-refractivity contribution in [2.24, 2.45) is 4.99 Å². The lowest BCUT2D eigenvalue weighted by atomic mass is 10.2. The molecular formula is C9H7BrN4. The first-order chi connectivity index (χ1) is 6.84. The second-order valence-electron chi connectivity index (χ2n) is 2.62. The van der Waals surface area contributed by atoms with E-state index in [4.69, 9.17) is 0 Å². The molecule has 1 aromatic carbocycles. The lowest BCUT2D eigenvalue weighted by molar-refractivity contribution is 1.08. The van der Waals surface area contributed by atoms with Gasteiger partial charge in [0.25, 0.3) is 0 Å². The molecule has 0 aliphatic heterocycles. The fourth-order valence-corrected chi connectivity index (χ4v) is 1.40. The Morgan fingerprint density at radius 3 is 3.07 bits per heavy atom. The van der Waals surface area contributed by atoms with Crippen LogP contribution in [0.15, 0.2) is 40.1 Å². The third-order valence-electron chi connectivity index (χ3n) is 1.59. The van der Waals surface area contributed by atoms with Gasteiger partial charge in [0.2, 0.25) is 5.95 Å². The van der Waals surface area contributed by atoms with Gasteiger partial charge in [0.05, 0.1) is 0 Å². The van der Waals surface area contributed by atoms with Gasteiger partial charge < -0.3 is 0 Å². The van der Waals surface area contributed by atoms with Crippen molar-refractivity contribution >= 4 is 28.1 Å². The Morgan fingerprint density at radius 2 is 2.36 bits per heavy atom. The fraction of sp³-hybridized carbons (Fsp3) is 0. The molecule has 0 spiro atoms. The lowest BCUT2D eigenvalue weighted by Gasteiger charge is -1.92. The van der Waals surface area contributed by atoms with Crippen LogP contribution in [-0.2, 0) is 0 Å². The lowest BCUT2D eigenvalue weighted by Crippen LogP contribution is -1.80. The molecule has 0 bridgehead atoms. The third-order valence-corrected chi connectivity index (χ3v) is 2.08. The van der Waals surface area contributed by atoms with Crippen molar-refractivity contribution in [3.63, 3.8) is 0 Å². The van der Waals surface area contributed by atoms with Crippen LogP contribution in [0, 0.1) is 0 Å². The van der Waals surface area contributed by atoms with E-state index >= 15 is 0 Å². The summed E-state index contributed by atoms with van der Waals surface area (Å²) in [6.45, 7) is 0. The molecular weight excluding hydrogens is 244 g/mol. The van der Waals surface area contributed by atoms with Crippen molar-refractivity contribution in [1.29, 1.82) is 0 Å². The summed E-state index contributed by atoms with van der Waals surface area (Å²) in [6, 6.07) is 7.85. The molecule has 0 unspecified atom stereocenters. The van der Waals surface area contributed by atoms with Gasteiger partial charge in [-0.3, -0.25) is 0 Å². The summed E-state index contributed by atoms with van der Waals surface area (Å²) in [5, 5.41) is 6.34. The maximum atomic E-state index is 4.10. The number of aliphatic imine (C=N–C) groups is 1. The molecule has 0 radical (unpaired) electrons. The quantitative estimate of drug-likeness (QED) is 0.832. The average Bonchev–Trinajstić information content (AvgIpc) is 2.67. The zero-order valence-electron chi connectivity index (χ0n) is 7.18. The predicted molar refractivity (Wildman–Crippen MR) is 57.8 cm³/mol. The van der Waals surface area contributed by atoms with Crippen LogP contribution in [0.2, 0.25) is 0 Å². The van der Waals surface area contributed by atoms with Gasteiger partial charge in [-0.25, -0.2) is 10.1 Å². The molecule has 0 aliphatic carbocycles. The Balaban J connectivity index is 2.18. The number of benzene rings is 1. The van der Waals surface area contributed by atoms with Crippen LogP contribution in [0.25, 0.3) is 0 Å². The van der Waals surface area contributed by atoms with E-state index in [-0.39, 0.29) is 0 Å². The smallest absolute Gasteiger partial charge is 0.244 e. The molecule has 0 saturated carbocycles. The highest BCUT2D eigenvalue weighted by Gasteiger charge is 1.91. The topological polar surface area (TPSA) is 53.9 Å². The summed E-state index contributed by atoms with van der Waals surface area (Å²) < 4.78 is 1.03. The molecule has 4 nitrogen and oxygen atoms in total. The molecule has 0 aliphatic rings. The number of halogens is 1. The molecule has 1 heterocycles. The number of nitrogens with zero attached hydrogens (tertiary/aromatic N) is 3. The van der Waals surface area contributed by atoms with E-state index in [1.54, 1.807) is 6.21 Å². The zero-order valence-corrected chi connectivity index (χ0v) is 8.77. The number of aromatic amines is 1. The van der Waals surface area contributed by atoms with Crippen molar-refractivity contribution in [3.05, 3.63) is 40.6 Å². The summed E-state index contributed by atoms with van der Waals surface area (Å²) >= 11 is 3.38. The maximum Gasteiger partial charge on any atom is 0.245 e. The summed E-state index contributed by atoms with van der Waals surface area (Å²) in [5.74, 6) is 0.505. The van der Waals surface area contributed by atoms with Gasteiger partial charge in [0.1, 0.15) is 6.33 Å². The first-order valence-electron chi connectivity index (χ1n) is 3.99. The van der Waals surface area contributed by atoms with Gasteiger partial charge in [0, 0.05) is 10.7 Å². The number of hydrogen-bond acceptors (Lipinski definition) is 3. The van der Waals surface area contributed by atoms with Gasteiger partial charge in [-0.05, 0) is 17.7 Å². The Labute approximate surface area is 89.2 Å².